The molecule has 0 saturated carbocycles. The first kappa shape index (κ1) is 14.1. The largest absolute Gasteiger partial charge is 0.320 e. The summed E-state index contributed by atoms with van der Waals surface area (Å²) in [5.74, 6) is 5.71. The summed E-state index contributed by atoms with van der Waals surface area (Å²) in [6, 6.07) is 5.23. The Balaban J connectivity index is 2.16. The second-order valence-electron chi connectivity index (χ2n) is 3.77. The number of pyridine rings is 1. The summed E-state index contributed by atoms with van der Waals surface area (Å²) in [5.41, 5.74) is 6.56. The number of carbonyl (C=O) groups excluding carboxylic acids is 1. The van der Waals surface area contributed by atoms with Crippen molar-refractivity contribution < 1.29 is 4.79 Å². The van der Waals surface area contributed by atoms with E-state index in [-0.39, 0.29) is 12.5 Å². The van der Waals surface area contributed by atoms with E-state index in [2.05, 4.69) is 31.7 Å². The third kappa shape index (κ3) is 3.38. The predicted molar refractivity (Wildman–Crippen MR) is 77.4 cm³/mol. The molecule has 6 nitrogen and oxygen atoms in total. The van der Waals surface area contributed by atoms with Gasteiger partial charge < -0.3 is 11.1 Å². The van der Waals surface area contributed by atoms with Gasteiger partial charge in [0.2, 0.25) is 0 Å². The first-order valence-electron chi connectivity index (χ1n) is 6.03. The van der Waals surface area contributed by atoms with Crippen LogP contribution in [0, 0.1) is 11.8 Å². The van der Waals surface area contributed by atoms with Crippen LogP contribution in [0.25, 0.3) is 0 Å². The zero-order valence-corrected chi connectivity index (χ0v) is 11.7. The van der Waals surface area contributed by atoms with Gasteiger partial charge in [0.15, 0.2) is 0 Å². The Labute approximate surface area is 120 Å². The van der Waals surface area contributed by atoms with E-state index in [0.29, 0.717) is 28.5 Å². The molecule has 2 heterocycles. The van der Waals surface area contributed by atoms with Gasteiger partial charge in [0.1, 0.15) is 16.4 Å². The first-order valence-corrected chi connectivity index (χ1v) is 6.80. The van der Waals surface area contributed by atoms with Crippen molar-refractivity contribution >= 4 is 23.3 Å². The number of nitrogens with two attached hydrogens (primary N) is 1. The van der Waals surface area contributed by atoms with Crippen molar-refractivity contribution in [1.82, 2.24) is 14.6 Å². The highest BCUT2D eigenvalue weighted by Gasteiger charge is 2.15. The van der Waals surface area contributed by atoms with Gasteiger partial charge in [-0.2, -0.15) is 0 Å². The molecule has 20 heavy (non-hydrogen) atoms. The van der Waals surface area contributed by atoms with E-state index in [0.717, 1.165) is 11.5 Å². The topological polar surface area (TPSA) is 93.8 Å². The Kier molecular flexibility index (Phi) is 4.76. The van der Waals surface area contributed by atoms with Crippen LogP contribution < -0.4 is 11.1 Å². The lowest BCUT2D eigenvalue weighted by molar-refractivity contribution is 0.102. The standard InChI is InChI=1S/C13H13N5OS/c1-2-10-12(20-18-17-10)13(19)16-11-7-3-5-9(15-11)6-4-8-14/h3,5,7H,2,8,14H2,1H3,(H,15,16,19). The lowest BCUT2D eigenvalue weighted by Crippen LogP contribution is -2.13. The van der Waals surface area contributed by atoms with Crippen molar-refractivity contribution in [3.8, 4) is 11.8 Å². The maximum absolute atomic E-state index is 12.1. The average molecular weight is 287 g/mol. The number of carbonyl (C=O) groups is 1. The Morgan fingerprint density at radius 1 is 1.50 bits per heavy atom. The van der Waals surface area contributed by atoms with Crippen LogP contribution in [0.3, 0.4) is 0 Å². The van der Waals surface area contributed by atoms with Crippen molar-refractivity contribution in [3.05, 3.63) is 34.5 Å². The van der Waals surface area contributed by atoms with Crippen molar-refractivity contribution in [2.75, 3.05) is 11.9 Å². The third-order valence-electron chi connectivity index (χ3n) is 2.41. The van der Waals surface area contributed by atoms with Gasteiger partial charge in [0, 0.05) is 0 Å². The SMILES string of the molecule is CCc1nnsc1C(=O)Nc1cccc(C#CCN)n1. The summed E-state index contributed by atoms with van der Waals surface area (Å²) >= 11 is 1.07. The van der Waals surface area contributed by atoms with E-state index in [9.17, 15) is 4.79 Å². The maximum Gasteiger partial charge on any atom is 0.270 e. The van der Waals surface area contributed by atoms with Crippen LogP contribution in [-0.2, 0) is 6.42 Å². The minimum Gasteiger partial charge on any atom is -0.320 e. The third-order valence-corrected chi connectivity index (χ3v) is 3.17. The normalized spacial score (nSPS) is 9.70. The Morgan fingerprint density at radius 2 is 2.35 bits per heavy atom. The lowest BCUT2D eigenvalue weighted by Gasteiger charge is -2.03. The van der Waals surface area contributed by atoms with Gasteiger partial charge >= 0.3 is 0 Å². The summed E-state index contributed by atoms with van der Waals surface area (Å²) in [4.78, 5) is 16.8. The fourth-order valence-corrected chi connectivity index (χ4v) is 2.15. The number of aromatic nitrogens is 3. The number of nitrogens with one attached hydrogen (secondary N) is 1. The quantitative estimate of drug-likeness (QED) is 0.823. The molecule has 102 valence electrons. The zero-order chi connectivity index (χ0) is 14.4. The summed E-state index contributed by atoms with van der Waals surface area (Å²) in [7, 11) is 0. The van der Waals surface area contributed by atoms with E-state index in [4.69, 9.17) is 5.73 Å². The fraction of sp³-hybridized carbons (Fsp3) is 0.231. The molecule has 3 N–H and O–H groups in total. The molecule has 7 heteroatoms. The average Bonchev–Trinajstić information content (AvgIpc) is 2.94. The highest BCUT2D eigenvalue weighted by molar-refractivity contribution is 7.08. The molecule has 0 aliphatic rings. The molecule has 0 saturated heterocycles. The summed E-state index contributed by atoms with van der Waals surface area (Å²) < 4.78 is 3.79. The van der Waals surface area contributed by atoms with Crippen LogP contribution in [0.15, 0.2) is 18.2 Å². The molecule has 0 aliphatic carbocycles. The van der Waals surface area contributed by atoms with Gasteiger partial charge in [-0.25, -0.2) is 4.98 Å². The summed E-state index contributed by atoms with van der Waals surface area (Å²) in [6.07, 6.45) is 0.661. The second-order valence-corrected chi connectivity index (χ2v) is 4.52. The molecule has 2 rings (SSSR count). The van der Waals surface area contributed by atoms with Gasteiger partial charge in [0.05, 0.1) is 12.2 Å². The smallest absolute Gasteiger partial charge is 0.270 e. The minimum absolute atomic E-state index is 0.256. The predicted octanol–water partition coefficient (Wildman–Crippen LogP) is 1.06. The number of rotatable bonds is 3. The molecule has 0 fully saturated rings. The Hall–Kier alpha value is -2.30. The van der Waals surface area contributed by atoms with E-state index in [1.165, 1.54) is 0 Å². The highest BCUT2D eigenvalue weighted by atomic mass is 32.1. The van der Waals surface area contributed by atoms with Crippen LogP contribution >= 0.6 is 11.5 Å². The Bertz CT molecular complexity index is 671. The molecule has 0 radical (unpaired) electrons. The number of hydrogen-bond acceptors (Lipinski definition) is 6. The fourth-order valence-electron chi connectivity index (χ4n) is 1.50. The second kappa shape index (κ2) is 6.75. The maximum atomic E-state index is 12.1. The number of anilines is 1. The number of aryl methyl sites for hydroxylation is 1. The van der Waals surface area contributed by atoms with E-state index in [1.54, 1.807) is 18.2 Å². The van der Waals surface area contributed by atoms with Gasteiger partial charge in [-0.1, -0.05) is 23.4 Å². The summed E-state index contributed by atoms with van der Waals surface area (Å²) in [5, 5.41) is 6.62. The molecule has 0 unspecified atom stereocenters. The molecule has 0 bridgehead atoms. The monoisotopic (exact) mass is 287 g/mol. The van der Waals surface area contributed by atoms with E-state index >= 15 is 0 Å². The lowest BCUT2D eigenvalue weighted by atomic mass is 10.3. The minimum atomic E-state index is -0.256. The molecule has 2 aromatic heterocycles. The van der Waals surface area contributed by atoms with Gasteiger partial charge in [-0.05, 0) is 36.0 Å². The van der Waals surface area contributed by atoms with Crippen molar-refractivity contribution in [3.63, 3.8) is 0 Å². The zero-order valence-electron chi connectivity index (χ0n) is 10.9. The molecule has 0 spiro atoms. The van der Waals surface area contributed by atoms with Crippen LogP contribution in [0.2, 0.25) is 0 Å². The van der Waals surface area contributed by atoms with Gasteiger partial charge in [0.25, 0.3) is 5.91 Å². The number of hydrogen-bond donors (Lipinski definition) is 2. The van der Waals surface area contributed by atoms with E-state index in [1.807, 2.05) is 6.92 Å². The molecule has 0 atom stereocenters. The highest BCUT2D eigenvalue weighted by Crippen LogP contribution is 2.14. The number of amides is 1. The van der Waals surface area contributed by atoms with Crippen molar-refractivity contribution in [2.24, 2.45) is 5.73 Å². The van der Waals surface area contributed by atoms with Gasteiger partial charge in [-0.3, -0.25) is 4.79 Å². The Morgan fingerprint density at radius 3 is 3.10 bits per heavy atom. The molecule has 0 aliphatic heterocycles. The van der Waals surface area contributed by atoms with Crippen LogP contribution in [0.5, 0.6) is 0 Å². The first-order chi connectivity index (χ1) is 9.74. The van der Waals surface area contributed by atoms with E-state index < -0.39 is 0 Å². The van der Waals surface area contributed by atoms with Crippen LogP contribution in [-0.4, -0.2) is 27.0 Å². The molecular weight excluding hydrogens is 274 g/mol. The van der Waals surface area contributed by atoms with Crippen LogP contribution in [0.1, 0.15) is 28.0 Å². The summed E-state index contributed by atoms with van der Waals surface area (Å²) in [6.45, 7) is 2.19. The van der Waals surface area contributed by atoms with Crippen LogP contribution in [0.4, 0.5) is 5.82 Å². The van der Waals surface area contributed by atoms with Crippen molar-refractivity contribution in [1.29, 1.82) is 0 Å². The molecule has 1 amide bonds. The van der Waals surface area contributed by atoms with Crippen molar-refractivity contribution in [2.45, 2.75) is 13.3 Å². The molecular formula is C13H13N5OS. The van der Waals surface area contributed by atoms with Gasteiger partial charge in [-0.15, -0.1) is 5.10 Å². The molecule has 0 aromatic carbocycles. The number of nitrogens with zero attached hydrogens (tertiary/aromatic N) is 3. The molecule has 2 aromatic rings.